The molecule has 1 aliphatic rings. The Morgan fingerprint density at radius 1 is 1.54 bits per heavy atom. The summed E-state index contributed by atoms with van der Waals surface area (Å²) in [5.41, 5.74) is 0.0484. The van der Waals surface area contributed by atoms with Crippen LogP contribution in [0, 0.1) is 24.1 Å². The van der Waals surface area contributed by atoms with Gasteiger partial charge in [0, 0.05) is 29.8 Å². The highest BCUT2D eigenvalue weighted by atomic mass is 32.2. The predicted molar refractivity (Wildman–Crippen MR) is 93.3 cm³/mol. The second kappa shape index (κ2) is 7.10. The van der Waals surface area contributed by atoms with Crippen molar-refractivity contribution < 1.29 is 13.9 Å². The van der Waals surface area contributed by atoms with Gasteiger partial charge in [0.15, 0.2) is 5.82 Å². The Bertz CT molecular complexity index is 815. The Morgan fingerprint density at radius 2 is 2.33 bits per heavy atom. The molecule has 1 aromatic heterocycles. The molecule has 1 heterocycles. The molecule has 0 bridgehead atoms. The van der Waals surface area contributed by atoms with Crippen LogP contribution in [0.5, 0.6) is 5.75 Å². The number of halogens is 1. The zero-order valence-corrected chi connectivity index (χ0v) is 14.0. The third-order valence-electron chi connectivity index (χ3n) is 3.81. The molecular weight excluding hydrogens is 327 g/mol. The summed E-state index contributed by atoms with van der Waals surface area (Å²) in [6.45, 7) is 0.667. The van der Waals surface area contributed by atoms with Gasteiger partial charge in [-0.1, -0.05) is 5.92 Å². The molecule has 4 nitrogen and oxygen atoms in total. The minimum absolute atomic E-state index is 0.203. The number of amides is 1. The molecule has 6 heteroatoms. The van der Waals surface area contributed by atoms with Crippen molar-refractivity contribution in [3.63, 3.8) is 0 Å². The van der Waals surface area contributed by atoms with Crippen LogP contribution < -0.4 is 10.1 Å². The Kier molecular flexibility index (Phi) is 4.91. The van der Waals surface area contributed by atoms with E-state index in [1.165, 1.54) is 24.0 Å². The molecule has 1 aromatic carbocycles. The molecule has 0 aliphatic heterocycles. The molecule has 1 atom stereocenters. The van der Waals surface area contributed by atoms with Gasteiger partial charge in [0.2, 0.25) is 5.44 Å². The normalized spacial score (nSPS) is 14.9. The Labute approximate surface area is 144 Å². The zero-order chi connectivity index (χ0) is 17.1. The van der Waals surface area contributed by atoms with Crippen molar-refractivity contribution in [1.82, 2.24) is 10.3 Å². The fraction of sp³-hybridized carbons (Fsp3) is 0.333. The van der Waals surface area contributed by atoms with E-state index in [9.17, 15) is 9.18 Å². The van der Waals surface area contributed by atoms with E-state index in [4.69, 9.17) is 11.2 Å². The second-order valence-electron chi connectivity index (χ2n) is 5.72. The van der Waals surface area contributed by atoms with Gasteiger partial charge >= 0.3 is 0 Å². The lowest BCUT2D eigenvalue weighted by molar-refractivity contribution is -0.124. The maximum atomic E-state index is 14.2. The first-order chi connectivity index (χ1) is 11.6. The van der Waals surface area contributed by atoms with Crippen LogP contribution in [0.25, 0.3) is 10.9 Å². The lowest BCUT2D eigenvalue weighted by atomic mass is 10.1. The van der Waals surface area contributed by atoms with Crippen molar-refractivity contribution in [2.75, 3.05) is 12.8 Å². The van der Waals surface area contributed by atoms with Gasteiger partial charge in [0.1, 0.15) is 11.3 Å². The highest BCUT2D eigenvalue weighted by Gasteiger charge is 2.25. The molecule has 1 unspecified atom stereocenters. The third-order valence-corrected chi connectivity index (χ3v) is 4.55. The van der Waals surface area contributed by atoms with Crippen molar-refractivity contribution in [1.29, 1.82) is 0 Å². The van der Waals surface area contributed by atoms with E-state index in [2.05, 4.69) is 16.2 Å². The number of benzene rings is 1. The standard InChI is InChI=1S/C18H17FN2O2S/c1-3-11-6-13-7-14(8-15(19)16(13)20-9-11)23-18(24-2)17(22)21-10-12-4-5-12/h1,6-9,12,18H,4-5,10H2,2H3,(H,21,22). The molecule has 0 saturated heterocycles. The first-order valence-corrected chi connectivity index (χ1v) is 8.92. The molecule has 2 aromatic rings. The van der Waals surface area contributed by atoms with Crippen molar-refractivity contribution in [2.24, 2.45) is 5.92 Å². The Morgan fingerprint density at radius 3 is 3.00 bits per heavy atom. The predicted octanol–water partition coefficient (Wildman–Crippen LogP) is 2.95. The van der Waals surface area contributed by atoms with Crippen LogP contribution in [0.2, 0.25) is 0 Å². The summed E-state index contributed by atoms with van der Waals surface area (Å²) in [4.78, 5) is 16.2. The van der Waals surface area contributed by atoms with Gasteiger partial charge < -0.3 is 10.1 Å². The molecule has 0 radical (unpaired) electrons. The maximum absolute atomic E-state index is 14.2. The molecule has 0 spiro atoms. The first-order valence-electron chi connectivity index (χ1n) is 7.64. The Balaban J connectivity index is 1.79. The van der Waals surface area contributed by atoms with E-state index in [-0.39, 0.29) is 17.2 Å². The maximum Gasteiger partial charge on any atom is 0.271 e. The average molecular weight is 344 g/mol. The van der Waals surface area contributed by atoms with E-state index in [1.54, 1.807) is 18.4 Å². The van der Waals surface area contributed by atoms with Crippen LogP contribution in [0.4, 0.5) is 4.39 Å². The number of pyridine rings is 1. The quantitative estimate of drug-likeness (QED) is 0.647. The van der Waals surface area contributed by atoms with E-state index in [0.717, 1.165) is 12.8 Å². The number of fused-ring (bicyclic) bond motifs is 1. The lowest BCUT2D eigenvalue weighted by Gasteiger charge is -2.17. The highest BCUT2D eigenvalue weighted by molar-refractivity contribution is 7.99. The molecule has 1 saturated carbocycles. The van der Waals surface area contributed by atoms with Crippen molar-refractivity contribution >= 4 is 28.6 Å². The number of rotatable bonds is 6. The summed E-state index contributed by atoms with van der Waals surface area (Å²) in [5, 5.41) is 3.41. The van der Waals surface area contributed by atoms with E-state index < -0.39 is 11.3 Å². The molecule has 24 heavy (non-hydrogen) atoms. The molecule has 124 valence electrons. The summed E-state index contributed by atoms with van der Waals surface area (Å²) >= 11 is 1.26. The molecular formula is C18H17FN2O2S. The number of carbonyl (C=O) groups is 1. The summed E-state index contributed by atoms with van der Waals surface area (Å²) in [5.74, 6) is 2.62. The van der Waals surface area contributed by atoms with Crippen LogP contribution in [0.15, 0.2) is 24.4 Å². The van der Waals surface area contributed by atoms with Gasteiger partial charge in [-0.05, 0) is 37.1 Å². The van der Waals surface area contributed by atoms with Crippen LogP contribution in [0.3, 0.4) is 0 Å². The smallest absolute Gasteiger partial charge is 0.271 e. The van der Waals surface area contributed by atoms with Crippen molar-refractivity contribution in [3.8, 4) is 18.1 Å². The van der Waals surface area contributed by atoms with Crippen LogP contribution in [-0.4, -0.2) is 29.1 Å². The summed E-state index contributed by atoms with van der Waals surface area (Å²) in [7, 11) is 0. The number of carbonyl (C=O) groups excluding carboxylic acids is 1. The Hall–Kier alpha value is -2.26. The van der Waals surface area contributed by atoms with E-state index in [1.807, 2.05) is 0 Å². The second-order valence-corrected chi connectivity index (χ2v) is 6.62. The fourth-order valence-electron chi connectivity index (χ4n) is 2.31. The SMILES string of the molecule is C#Cc1cnc2c(F)cc(OC(SC)C(=O)NCC3CC3)cc2c1. The number of terminal acetylenes is 1. The topological polar surface area (TPSA) is 51.2 Å². The van der Waals surface area contributed by atoms with Crippen LogP contribution >= 0.6 is 11.8 Å². The number of aromatic nitrogens is 1. The fourth-order valence-corrected chi connectivity index (χ4v) is 2.81. The third kappa shape index (κ3) is 3.80. The number of nitrogens with one attached hydrogen (secondary N) is 1. The minimum Gasteiger partial charge on any atom is -0.470 e. The van der Waals surface area contributed by atoms with Gasteiger partial charge in [0.05, 0.1) is 0 Å². The molecule has 3 rings (SSSR count). The summed E-state index contributed by atoms with van der Waals surface area (Å²) in [6.07, 6.45) is 10.9. The van der Waals surface area contributed by atoms with E-state index >= 15 is 0 Å². The number of thioether (sulfide) groups is 1. The molecule has 1 N–H and O–H groups in total. The monoisotopic (exact) mass is 344 g/mol. The average Bonchev–Trinajstić information content (AvgIpc) is 3.41. The number of ether oxygens (including phenoxy) is 1. The number of hydrogen-bond donors (Lipinski definition) is 1. The minimum atomic E-state index is -0.732. The van der Waals surface area contributed by atoms with E-state index in [0.29, 0.717) is 23.4 Å². The van der Waals surface area contributed by atoms with Gasteiger partial charge in [-0.15, -0.1) is 18.2 Å². The summed E-state index contributed by atoms with van der Waals surface area (Å²) < 4.78 is 19.9. The zero-order valence-electron chi connectivity index (χ0n) is 13.2. The summed E-state index contributed by atoms with van der Waals surface area (Å²) in [6, 6.07) is 4.55. The first kappa shape index (κ1) is 16.6. The molecule has 1 aliphatic carbocycles. The van der Waals surface area contributed by atoms with Gasteiger partial charge in [-0.25, -0.2) is 4.39 Å². The van der Waals surface area contributed by atoms with Gasteiger partial charge in [-0.3, -0.25) is 9.78 Å². The highest BCUT2D eigenvalue weighted by Crippen LogP contribution is 2.28. The number of nitrogens with zero attached hydrogens (tertiary/aromatic N) is 1. The number of hydrogen-bond acceptors (Lipinski definition) is 4. The largest absolute Gasteiger partial charge is 0.470 e. The van der Waals surface area contributed by atoms with Crippen molar-refractivity contribution in [3.05, 3.63) is 35.8 Å². The van der Waals surface area contributed by atoms with Crippen LogP contribution in [-0.2, 0) is 4.79 Å². The van der Waals surface area contributed by atoms with Crippen molar-refractivity contribution in [2.45, 2.75) is 18.3 Å². The van der Waals surface area contributed by atoms with Gasteiger partial charge in [-0.2, -0.15) is 0 Å². The lowest BCUT2D eigenvalue weighted by Crippen LogP contribution is -2.37. The molecule has 1 amide bonds. The molecule has 1 fully saturated rings. The van der Waals surface area contributed by atoms with Gasteiger partial charge in [0.25, 0.3) is 5.91 Å². The van der Waals surface area contributed by atoms with Crippen LogP contribution in [0.1, 0.15) is 18.4 Å².